The Hall–Kier alpha value is -2.64. The summed E-state index contributed by atoms with van der Waals surface area (Å²) in [5, 5.41) is 4.91. The summed E-state index contributed by atoms with van der Waals surface area (Å²) in [7, 11) is 0. The number of nitrogens with zero attached hydrogens (tertiary/aromatic N) is 1. The van der Waals surface area contributed by atoms with Crippen molar-refractivity contribution in [2.75, 3.05) is 0 Å². The summed E-state index contributed by atoms with van der Waals surface area (Å²) >= 11 is 0. The molecule has 4 amide bonds. The van der Waals surface area contributed by atoms with E-state index in [9.17, 15) is 14.4 Å². The minimum atomic E-state index is -1.72. The number of primary amides is 2. The highest BCUT2D eigenvalue weighted by Crippen LogP contribution is 2.24. The fraction of sp³-hybridized carbons (Fsp3) is 0.500. The lowest BCUT2D eigenvalue weighted by atomic mass is 9.84. The maximum Gasteiger partial charge on any atom is 0.314 e. The third-order valence-corrected chi connectivity index (χ3v) is 3.95. The zero-order valence-corrected chi connectivity index (χ0v) is 14.0. The zero-order valence-electron chi connectivity index (χ0n) is 14.0. The van der Waals surface area contributed by atoms with Gasteiger partial charge in [0.05, 0.1) is 0 Å². The average Bonchev–Trinajstić information content (AvgIpc) is 2.55. The molecule has 0 aliphatic carbocycles. The molecule has 0 radical (unpaired) electrons. The molecule has 0 fully saturated rings. The maximum absolute atomic E-state index is 12.1. The largest absolute Gasteiger partial charge is 0.366 e. The predicted molar refractivity (Wildman–Crippen MR) is 89.4 cm³/mol. The van der Waals surface area contributed by atoms with E-state index in [1.165, 1.54) is 0 Å². The molecule has 1 aromatic rings. The number of urea groups is 1. The van der Waals surface area contributed by atoms with Crippen molar-refractivity contribution in [3.63, 3.8) is 0 Å². The number of aryl methyl sites for hydroxylation is 1. The van der Waals surface area contributed by atoms with Crippen LogP contribution in [0.5, 0.6) is 0 Å². The van der Waals surface area contributed by atoms with Gasteiger partial charge in [0.2, 0.25) is 5.91 Å². The van der Waals surface area contributed by atoms with Crippen molar-refractivity contribution in [3.05, 3.63) is 30.1 Å². The first-order valence-corrected chi connectivity index (χ1v) is 7.94. The third kappa shape index (κ3) is 4.94. The number of pyridine rings is 1. The quantitative estimate of drug-likeness (QED) is 0.485. The topological polar surface area (TPSA) is 140 Å². The number of amides is 4. The van der Waals surface area contributed by atoms with Crippen molar-refractivity contribution in [2.24, 2.45) is 17.4 Å². The van der Waals surface area contributed by atoms with Gasteiger partial charge in [-0.2, -0.15) is 0 Å². The molecule has 0 aromatic carbocycles. The van der Waals surface area contributed by atoms with Crippen LogP contribution in [0.15, 0.2) is 24.4 Å². The van der Waals surface area contributed by atoms with Gasteiger partial charge >= 0.3 is 6.03 Å². The molecule has 132 valence electrons. The number of carbonyl (C=O) groups is 3. The number of hydrogen-bond donors (Lipinski definition) is 4. The molecule has 1 rings (SSSR count). The molecule has 24 heavy (non-hydrogen) atoms. The van der Waals surface area contributed by atoms with E-state index in [1.54, 1.807) is 13.1 Å². The number of nitrogens with two attached hydrogens (primary N) is 2. The molecule has 1 aromatic heterocycles. The number of carbonyl (C=O) groups excluding carboxylic acids is 3. The van der Waals surface area contributed by atoms with Gasteiger partial charge in [0, 0.05) is 24.2 Å². The molecule has 0 bridgehead atoms. The summed E-state index contributed by atoms with van der Waals surface area (Å²) in [6.07, 6.45) is 3.38. The first kappa shape index (κ1) is 19.4. The molecule has 2 atom stereocenters. The fourth-order valence-corrected chi connectivity index (χ4v) is 2.66. The van der Waals surface area contributed by atoms with Gasteiger partial charge in [0.1, 0.15) is 0 Å². The highest BCUT2D eigenvalue weighted by molar-refractivity contribution is 5.93. The van der Waals surface area contributed by atoms with E-state index in [0.717, 1.165) is 5.69 Å². The molecular weight excluding hydrogens is 310 g/mol. The zero-order chi connectivity index (χ0) is 18.2. The molecule has 8 nitrogen and oxygen atoms in total. The van der Waals surface area contributed by atoms with Crippen molar-refractivity contribution in [2.45, 2.75) is 45.2 Å². The number of aromatic nitrogens is 1. The molecule has 0 aliphatic rings. The summed E-state index contributed by atoms with van der Waals surface area (Å²) < 4.78 is 0. The van der Waals surface area contributed by atoms with E-state index in [2.05, 4.69) is 15.6 Å². The van der Waals surface area contributed by atoms with E-state index >= 15 is 0 Å². The smallest absolute Gasteiger partial charge is 0.314 e. The normalized spacial score (nSPS) is 14.2. The molecule has 0 saturated heterocycles. The van der Waals surface area contributed by atoms with Gasteiger partial charge in [-0.25, -0.2) is 4.79 Å². The number of nitrogens with one attached hydrogen (secondary N) is 2. The third-order valence-electron chi connectivity index (χ3n) is 3.95. The van der Waals surface area contributed by atoms with Crippen LogP contribution in [-0.2, 0) is 16.0 Å². The standard InChI is InChI=1S/C16H25N5O3/c1-3-11(8-9-12-7-5-6-10-19-12)16(14(17)23,21-15(18)24)20-13(22)4-2/h5-7,10-11H,3-4,8-9H2,1-2H3,(H2,17,23)(H,20,22)(H3,18,21,24). The van der Waals surface area contributed by atoms with E-state index in [4.69, 9.17) is 11.5 Å². The van der Waals surface area contributed by atoms with Crippen LogP contribution in [0.3, 0.4) is 0 Å². The minimum absolute atomic E-state index is 0.145. The molecule has 1 heterocycles. The van der Waals surface area contributed by atoms with E-state index < -0.39 is 29.4 Å². The Morgan fingerprint density at radius 3 is 2.38 bits per heavy atom. The summed E-state index contributed by atoms with van der Waals surface area (Å²) in [5.74, 6) is -1.69. The van der Waals surface area contributed by atoms with Gasteiger partial charge < -0.3 is 22.1 Å². The lowest BCUT2D eigenvalue weighted by Crippen LogP contribution is -2.72. The summed E-state index contributed by atoms with van der Waals surface area (Å²) in [5.41, 5.74) is 9.86. The second kappa shape index (κ2) is 8.85. The lowest BCUT2D eigenvalue weighted by molar-refractivity contribution is -0.135. The fourth-order valence-electron chi connectivity index (χ4n) is 2.66. The molecule has 0 aliphatic heterocycles. The Kier molecular flexibility index (Phi) is 7.16. The van der Waals surface area contributed by atoms with E-state index in [0.29, 0.717) is 19.3 Å². The van der Waals surface area contributed by atoms with Gasteiger partial charge in [-0.1, -0.05) is 19.9 Å². The second-order valence-electron chi connectivity index (χ2n) is 5.53. The molecule has 6 N–H and O–H groups in total. The van der Waals surface area contributed by atoms with Gasteiger partial charge in [0.15, 0.2) is 5.66 Å². The van der Waals surface area contributed by atoms with Crippen LogP contribution >= 0.6 is 0 Å². The second-order valence-corrected chi connectivity index (χ2v) is 5.53. The van der Waals surface area contributed by atoms with Crippen LogP contribution in [-0.4, -0.2) is 28.5 Å². The Labute approximate surface area is 141 Å². The van der Waals surface area contributed by atoms with Crippen molar-refractivity contribution < 1.29 is 14.4 Å². The van der Waals surface area contributed by atoms with Crippen LogP contribution in [0.4, 0.5) is 4.79 Å². The summed E-state index contributed by atoms with van der Waals surface area (Å²) in [6, 6.07) is 4.61. The SMILES string of the molecule is CCC(=O)NC(NC(N)=O)(C(N)=O)C(CC)CCc1ccccn1. The van der Waals surface area contributed by atoms with Crippen LogP contribution in [0.25, 0.3) is 0 Å². The monoisotopic (exact) mass is 335 g/mol. The van der Waals surface area contributed by atoms with Crippen LogP contribution in [0.1, 0.15) is 38.8 Å². The van der Waals surface area contributed by atoms with E-state index in [1.807, 2.05) is 25.1 Å². The first-order chi connectivity index (χ1) is 11.4. The highest BCUT2D eigenvalue weighted by Gasteiger charge is 2.45. The van der Waals surface area contributed by atoms with Crippen molar-refractivity contribution >= 4 is 17.8 Å². The number of rotatable bonds is 9. The van der Waals surface area contributed by atoms with Gasteiger partial charge in [0.25, 0.3) is 5.91 Å². The van der Waals surface area contributed by atoms with Crippen LogP contribution < -0.4 is 22.1 Å². The lowest BCUT2D eigenvalue weighted by Gasteiger charge is -2.38. The van der Waals surface area contributed by atoms with Crippen molar-refractivity contribution in [3.8, 4) is 0 Å². The highest BCUT2D eigenvalue weighted by atomic mass is 16.2. The molecular formula is C16H25N5O3. The predicted octanol–water partition coefficient (Wildman–Crippen LogP) is 0.417. The Morgan fingerprint density at radius 1 is 1.21 bits per heavy atom. The van der Waals surface area contributed by atoms with Gasteiger partial charge in [-0.05, 0) is 31.4 Å². The maximum atomic E-state index is 12.1. The van der Waals surface area contributed by atoms with Gasteiger partial charge in [-0.15, -0.1) is 0 Å². The summed E-state index contributed by atoms with van der Waals surface area (Å²) in [6.45, 7) is 3.49. The van der Waals surface area contributed by atoms with Crippen molar-refractivity contribution in [1.82, 2.24) is 15.6 Å². The average molecular weight is 335 g/mol. The molecule has 2 unspecified atom stereocenters. The summed E-state index contributed by atoms with van der Waals surface area (Å²) in [4.78, 5) is 39.7. The Morgan fingerprint density at radius 2 is 1.92 bits per heavy atom. The van der Waals surface area contributed by atoms with E-state index in [-0.39, 0.29) is 6.42 Å². The Bertz CT molecular complexity index is 578. The minimum Gasteiger partial charge on any atom is -0.366 e. The molecule has 8 heteroatoms. The van der Waals surface area contributed by atoms with Crippen molar-refractivity contribution in [1.29, 1.82) is 0 Å². The molecule has 0 saturated carbocycles. The van der Waals surface area contributed by atoms with Crippen LogP contribution in [0, 0.1) is 5.92 Å². The first-order valence-electron chi connectivity index (χ1n) is 7.94. The van der Waals surface area contributed by atoms with Gasteiger partial charge in [-0.3, -0.25) is 14.6 Å². The molecule has 0 spiro atoms. The van der Waals surface area contributed by atoms with Crippen LogP contribution in [0.2, 0.25) is 0 Å². The Balaban J connectivity index is 3.08. The number of hydrogen-bond acceptors (Lipinski definition) is 4.